The summed E-state index contributed by atoms with van der Waals surface area (Å²) >= 11 is 1.36. The lowest BCUT2D eigenvalue weighted by atomic mass is 10.1. The third-order valence-electron chi connectivity index (χ3n) is 4.80. The van der Waals surface area contributed by atoms with E-state index in [1.54, 1.807) is 35.8 Å². The van der Waals surface area contributed by atoms with Crippen LogP contribution in [0.15, 0.2) is 52.9 Å². The third-order valence-corrected chi connectivity index (χ3v) is 7.02. The minimum Gasteiger partial charge on any atom is -0.465 e. The Morgan fingerprint density at radius 1 is 1.27 bits per heavy atom. The van der Waals surface area contributed by atoms with E-state index in [1.807, 2.05) is 6.07 Å². The number of nitrogens with one attached hydrogen (secondary N) is 1. The SMILES string of the molecule is COC(=O)c1ccc(C2CC2)c(S(=O)(=O)Nc2cc(C#N)ccc2-c2nccs2)c1. The molecular weight excluding hydrogens is 422 g/mol. The van der Waals surface area contributed by atoms with E-state index >= 15 is 0 Å². The number of hydrogen-bond donors (Lipinski definition) is 1. The number of methoxy groups -OCH3 is 1. The number of nitrogens with zero attached hydrogens (tertiary/aromatic N) is 2. The Kier molecular flexibility index (Phi) is 5.28. The third kappa shape index (κ3) is 3.92. The standard InChI is InChI=1S/C21H17N3O4S2/c1-28-21(25)15-5-7-16(14-3-4-14)19(11-15)30(26,27)24-18-10-13(12-22)2-6-17(18)20-23-8-9-29-20/h2,5-11,14,24H,3-4H2,1H3. The van der Waals surface area contributed by atoms with E-state index in [2.05, 4.69) is 9.71 Å². The number of rotatable bonds is 6. The Balaban J connectivity index is 1.81. The summed E-state index contributed by atoms with van der Waals surface area (Å²) < 4.78 is 34.1. The summed E-state index contributed by atoms with van der Waals surface area (Å²) in [4.78, 5) is 16.3. The normalized spacial score (nSPS) is 13.5. The predicted molar refractivity (Wildman–Crippen MR) is 113 cm³/mol. The number of carbonyl (C=O) groups is 1. The molecule has 9 heteroatoms. The Morgan fingerprint density at radius 3 is 2.70 bits per heavy atom. The molecular formula is C21H17N3O4S2. The molecule has 0 spiro atoms. The van der Waals surface area contributed by atoms with Crippen LogP contribution >= 0.6 is 11.3 Å². The van der Waals surface area contributed by atoms with Crippen molar-refractivity contribution in [2.45, 2.75) is 23.7 Å². The Labute approximate surface area is 178 Å². The average Bonchev–Trinajstić information content (AvgIpc) is 3.46. The quantitative estimate of drug-likeness (QED) is 0.578. The molecule has 0 unspecified atom stereocenters. The van der Waals surface area contributed by atoms with Crippen molar-refractivity contribution in [3.63, 3.8) is 0 Å². The summed E-state index contributed by atoms with van der Waals surface area (Å²) in [6, 6.07) is 11.4. The zero-order valence-corrected chi connectivity index (χ0v) is 17.6. The summed E-state index contributed by atoms with van der Waals surface area (Å²) in [6.07, 6.45) is 3.42. The molecule has 1 fully saturated rings. The molecule has 0 radical (unpaired) electrons. The second kappa shape index (κ2) is 7.89. The van der Waals surface area contributed by atoms with Crippen molar-refractivity contribution in [3.8, 4) is 16.6 Å². The Bertz CT molecular complexity index is 1260. The number of thiazole rings is 1. The molecule has 3 aromatic rings. The molecule has 1 saturated carbocycles. The summed E-state index contributed by atoms with van der Waals surface area (Å²) in [6.45, 7) is 0. The summed E-state index contributed by atoms with van der Waals surface area (Å²) in [5.41, 5.74) is 1.98. The molecule has 7 nitrogen and oxygen atoms in total. The molecule has 152 valence electrons. The molecule has 1 N–H and O–H groups in total. The highest BCUT2D eigenvalue weighted by molar-refractivity contribution is 7.92. The van der Waals surface area contributed by atoms with Gasteiger partial charge in [0.1, 0.15) is 5.01 Å². The zero-order valence-electron chi connectivity index (χ0n) is 16.0. The molecule has 4 rings (SSSR count). The molecule has 1 aliphatic rings. The first kappa shape index (κ1) is 20.1. The van der Waals surface area contributed by atoms with E-state index in [0.717, 1.165) is 12.8 Å². The number of esters is 1. The van der Waals surface area contributed by atoms with Gasteiger partial charge >= 0.3 is 5.97 Å². The molecule has 0 bridgehead atoms. The van der Waals surface area contributed by atoms with Gasteiger partial charge in [0.2, 0.25) is 0 Å². The molecule has 0 aliphatic heterocycles. The highest BCUT2D eigenvalue weighted by Crippen LogP contribution is 2.43. The summed E-state index contributed by atoms with van der Waals surface area (Å²) in [7, 11) is -2.79. The van der Waals surface area contributed by atoms with Gasteiger partial charge in [-0.15, -0.1) is 11.3 Å². The van der Waals surface area contributed by atoms with Gasteiger partial charge in [0.15, 0.2) is 0 Å². The van der Waals surface area contributed by atoms with Crippen LogP contribution in [0, 0.1) is 11.3 Å². The van der Waals surface area contributed by atoms with Crippen molar-refractivity contribution in [2.75, 3.05) is 11.8 Å². The first-order valence-corrected chi connectivity index (χ1v) is 11.5. The minimum absolute atomic E-state index is 0.0420. The van der Waals surface area contributed by atoms with Crippen molar-refractivity contribution in [3.05, 3.63) is 64.7 Å². The van der Waals surface area contributed by atoms with Crippen LogP contribution in [0.5, 0.6) is 0 Å². The second-order valence-electron chi connectivity index (χ2n) is 6.83. The number of anilines is 1. The van der Waals surface area contributed by atoms with E-state index < -0.39 is 16.0 Å². The maximum Gasteiger partial charge on any atom is 0.337 e. The number of benzene rings is 2. The van der Waals surface area contributed by atoms with Crippen LogP contribution in [0.1, 0.15) is 40.2 Å². The average molecular weight is 440 g/mol. The van der Waals surface area contributed by atoms with Gasteiger partial charge in [0.25, 0.3) is 10.0 Å². The lowest BCUT2D eigenvalue weighted by Gasteiger charge is -2.15. The van der Waals surface area contributed by atoms with Crippen LogP contribution in [0.2, 0.25) is 0 Å². The van der Waals surface area contributed by atoms with Crippen molar-refractivity contribution >= 4 is 33.0 Å². The van der Waals surface area contributed by atoms with E-state index in [1.165, 1.54) is 30.6 Å². The number of carbonyl (C=O) groups excluding carboxylic acids is 1. The second-order valence-corrected chi connectivity index (χ2v) is 9.38. The van der Waals surface area contributed by atoms with Crippen LogP contribution < -0.4 is 4.72 Å². The number of hydrogen-bond acceptors (Lipinski definition) is 7. The highest BCUT2D eigenvalue weighted by atomic mass is 32.2. The first-order valence-electron chi connectivity index (χ1n) is 9.12. The van der Waals surface area contributed by atoms with Crippen molar-refractivity contribution in [2.24, 2.45) is 0 Å². The van der Waals surface area contributed by atoms with Crippen LogP contribution in [0.25, 0.3) is 10.6 Å². The fourth-order valence-electron chi connectivity index (χ4n) is 3.18. The smallest absolute Gasteiger partial charge is 0.337 e. The van der Waals surface area contributed by atoms with Crippen LogP contribution in [-0.2, 0) is 14.8 Å². The van der Waals surface area contributed by atoms with E-state index in [4.69, 9.17) is 4.74 Å². The maximum atomic E-state index is 13.4. The molecule has 30 heavy (non-hydrogen) atoms. The van der Waals surface area contributed by atoms with Gasteiger partial charge in [-0.05, 0) is 54.7 Å². The number of sulfonamides is 1. The molecule has 1 heterocycles. The fraction of sp³-hybridized carbons (Fsp3) is 0.190. The number of nitriles is 1. The van der Waals surface area contributed by atoms with E-state index in [9.17, 15) is 18.5 Å². The molecule has 0 saturated heterocycles. The number of aromatic nitrogens is 1. The van der Waals surface area contributed by atoms with Crippen LogP contribution in [-0.4, -0.2) is 26.5 Å². The fourth-order valence-corrected chi connectivity index (χ4v) is 5.26. The number of ether oxygens (including phenoxy) is 1. The topological polar surface area (TPSA) is 109 Å². The largest absolute Gasteiger partial charge is 0.465 e. The van der Waals surface area contributed by atoms with Crippen LogP contribution in [0.4, 0.5) is 5.69 Å². The minimum atomic E-state index is -4.04. The lowest BCUT2D eigenvalue weighted by molar-refractivity contribution is 0.0600. The molecule has 1 aromatic heterocycles. The van der Waals surface area contributed by atoms with Gasteiger partial charge in [-0.2, -0.15) is 5.26 Å². The van der Waals surface area contributed by atoms with Gasteiger partial charge in [0.05, 0.1) is 34.9 Å². The van der Waals surface area contributed by atoms with Gasteiger partial charge in [0, 0.05) is 17.1 Å². The monoisotopic (exact) mass is 439 g/mol. The van der Waals surface area contributed by atoms with Crippen molar-refractivity contribution in [1.82, 2.24) is 4.98 Å². The lowest BCUT2D eigenvalue weighted by Crippen LogP contribution is -2.17. The van der Waals surface area contributed by atoms with Gasteiger partial charge < -0.3 is 4.74 Å². The predicted octanol–water partition coefficient (Wildman–Crippen LogP) is 4.15. The highest BCUT2D eigenvalue weighted by Gasteiger charge is 2.32. The van der Waals surface area contributed by atoms with Crippen molar-refractivity contribution < 1.29 is 17.9 Å². The van der Waals surface area contributed by atoms with Gasteiger partial charge in [-0.25, -0.2) is 18.2 Å². The Morgan fingerprint density at radius 2 is 2.07 bits per heavy atom. The first-order chi connectivity index (χ1) is 14.4. The molecule has 0 atom stereocenters. The zero-order chi connectivity index (χ0) is 21.3. The van der Waals surface area contributed by atoms with Crippen LogP contribution in [0.3, 0.4) is 0 Å². The Hall–Kier alpha value is -3.22. The summed E-state index contributed by atoms with van der Waals surface area (Å²) in [5, 5.41) is 11.7. The van der Waals surface area contributed by atoms with Gasteiger partial charge in [-0.1, -0.05) is 6.07 Å². The molecule has 1 aliphatic carbocycles. The van der Waals surface area contributed by atoms with E-state index in [0.29, 0.717) is 21.7 Å². The maximum absolute atomic E-state index is 13.4. The summed E-state index contributed by atoms with van der Waals surface area (Å²) in [5.74, 6) is -0.462. The molecule has 2 aromatic carbocycles. The van der Waals surface area contributed by atoms with E-state index in [-0.39, 0.29) is 22.1 Å². The van der Waals surface area contributed by atoms with Gasteiger partial charge in [-0.3, -0.25) is 4.72 Å². The molecule has 0 amide bonds. The van der Waals surface area contributed by atoms with Crippen molar-refractivity contribution in [1.29, 1.82) is 5.26 Å².